The highest BCUT2D eigenvalue weighted by molar-refractivity contribution is 7.90. The van der Waals surface area contributed by atoms with Crippen LogP contribution in [-0.2, 0) is 14.6 Å². The van der Waals surface area contributed by atoms with E-state index in [2.05, 4.69) is 5.32 Å². The lowest BCUT2D eigenvalue weighted by molar-refractivity contribution is -0.146. The Hall–Kier alpha value is -1.83. The molecule has 1 heterocycles. The van der Waals surface area contributed by atoms with Crippen molar-refractivity contribution in [3.05, 3.63) is 17.9 Å². The number of rotatable bonds is 4. The van der Waals surface area contributed by atoms with E-state index in [-0.39, 0.29) is 10.9 Å². The Balaban J connectivity index is 2.19. The van der Waals surface area contributed by atoms with E-state index in [0.29, 0.717) is 31.6 Å². The summed E-state index contributed by atoms with van der Waals surface area (Å²) in [5.74, 6) is -1.58. The fraction of sp³-hybridized carbons (Fsp3) is 0.571. The van der Waals surface area contributed by atoms with Crippen LogP contribution in [0.25, 0.3) is 0 Å². The van der Waals surface area contributed by atoms with Crippen LogP contribution < -0.4 is 5.32 Å². The van der Waals surface area contributed by atoms with Crippen LogP contribution in [0.2, 0.25) is 0 Å². The van der Waals surface area contributed by atoms with Gasteiger partial charge in [0.15, 0.2) is 5.76 Å². The lowest BCUT2D eigenvalue weighted by Crippen LogP contribution is -2.56. The zero-order valence-corrected chi connectivity index (χ0v) is 13.3. The van der Waals surface area contributed by atoms with E-state index in [4.69, 9.17) is 4.42 Å². The monoisotopic (exact) mass is 329 g/mol. The molecule has 0 unspecified atom stereocenters. The van der Waals surface area contributed by atoms with Crippen molar-refractivity contribution >= 4 is 21.7 Å². The maximum atomic E-state index is 12.2. The molecule has 1 saturated carbocycles. The van der Waals surface area contributed by atoms with E-state index >= 15 is 0 Å². The summed E-state index contributed by atoms with van der Waals surface area (Å²) in [5.41, 5.74) is -1.32. The average molecular weight is 329 g/mol. The van der Waals surface area contributed by atoms with E-state index < -0.39 is 27.3 Å². The first kappa shape index (κ1) is 16.5. The van der Waals surface area contributed by atoms with Crippen molar-refractivity contribution in [2.75, 3.05) is 6.26 Å². The molecule has 0 radical (unpaired) electrons. The van der Waals surface area contributed by atoms with Gasteiger partial charge >= 0.3 is 5.97 Å². The zero-order valence-electron chi connectivity index (χ0n) is 12.5. The molecule has 22 heavy (non-hydrogen) atoms. The Bertz CT molecular complexity index is 682. The van der Waals surface area contributed by atoms with Crippen LogP contribution in [0.1, 0.15) is 43.2 Å². The second kappa shape index (κ2) is 5.75. The van der Waals surface area contributed by atoms with Gasteiger partial charge in [0, 0.05) is 6.26 Å². The largest absolute Gasteiger partial charge is 0.480 e. The molecular formula is C14H19NO6S. The summed E-state index contributed by atoms with van der Waals surface area (Å²) >= 11 is 0. The molecule has 0 saturated heterocycles. The number of carboxylic acids is 1. The summed E-state index contributed by atoms with van der Waals surface area (Å²) in [5, 5.41) is 11.7. The van der Waals surface area contributed by atoms with Gasteiger partial charge in [0.05, 0.1) is 0 Å². The molecule has 7 nitrogen and oxygen atoms in total. The standard InChI is InChI=1S/C14H19NO6S/c1-9-5-7-14(8-6-9,13(17)18)15-12(16)10-3-4-11(21-10)22(2,19)20/h3-4,9H,5-8H2,1-2H3,(H,15,16)(H,17,18). The van der Waals surface area contributed by atoms with Gasteiger partial charge in [-0.15, -0.1) is 0 Å². The van der Waals surface area contributed by atoms with Gasteiger partial charge in [-0.25, -0.2) is 13.2 Å². The van der Waals surface area contributed by atoms with Crippen molar-refractivity contribution in [2.45, 2.75) is 43.2 Å². The molecule has 1 amide bonds. The summed E-state index contributed by atoms with van der Waals surface area (Å²) in [7, 11) is -3.55. The maximum absolute atomic E-state index is 12.2. The van der Waals surface area contributed by atoms with Gasteiger partial charge in [-0.2, -0.15) is 0 Å². The third kappa shape index (κ3) is 3.32. The Labute approximate surface area is 128 Å². The van der Waals surface area contributed by atoms with Gasteiger partial charge in [0.25, 0.3) is 5.91 Å². The summed E-state index contributed by atoms with van der Waals surface area (Å²) in [6.07, 6.45) is 3.07. The molecular weight excluding hydrogens is 310 g/mol. The number of aliphatic carboxylic acids is 1. The van der Waals surface area contributed by atoms with Crippen molar-refractivity contribution < 1.29 is 27.5 Å². The topological polar surface area (TPSA) is 114 Å². The average Bonchev–Trinajstić information content (AvgIpc) is 2.91. The third-order valence-corrected chi connectivity index (χ3v) is 5.01. The molecule has 1 aliphatic carbocycles. The summed E-state index contributed by atoms with van der Waals surface area (Å²) < 4.78 is 27.7. The second-order valence-corrected chi connectivity index (χ2v) is 7.86. The Morgan fingerprint density at radius 3 is 2.36 bits per heavy atom. The van der Waals surface area contributed by atoms with Crippen molar-refractivity contribution in [2.24, 2.45) is 5.92 Å². The van der Waals surface area contributed by atoms with Crippen LogP contribution >= 0.6 is 0 Å². The van der Waals surface area contributed by atoms with E-state index in [1.54, 1.807) is 0 Å². The van der Waals surface area contributed by atoms with Gasteiger partial charge in [-0.3, -0.25) is 4.79 Å². The third-order valence-electron chi connectivity index (χ3n) is 4.06. The number of carbonyl (C=O) groups excluding carboxylic acids is 1. The van der Waals surface area contributed by atoms with Gasteiger partial charge < -0.3 is 14.8 Å². The van der Waals surface area contributed by atoms with Crippen LogP contribution in [0.4, 0.5) is 0 Å². The lowest BCUT2D eigenvalue weighted by atomic mass is 9.77. The Morgan fingerprint density at radius 2 is 1.91 bits per heavy atom. The van der Waals surface area contributed by atoms with Crippen LogP contribution in [0.15, 0.2) is 21.6 Å². The molecule has 0 aliphatic heterocycles. The van der Waals surface area contributed by atoms with Gasteiger partial charge in [-0.1, -0.05) is 6.92 Å². The highest BCUT2D eigenvalue weighted by Gasteiger charge is 2.43. The van der Waals surface area contributed by atoms with Crippen LogP contribution in [0.5, 0.6) is 0 Å². The molecule has 1 aromatic rings. The van der Waals surface area contributed by atoms with E-state index in [1.807, 2.05) is 6.92 Å². The number of hydrogen-bond donors (Lipinski definition) is 2. The molecule has 0 aromatic carbocycles. The highest BCUT2D eigenvalue weighted by atomic mass is 32.2. The molecule has 1 aliphatic rings. The first-order valence-corrected chi connectivity index (χ1v) is 8.89. The van der Waals surface area contributed by atoms with E-state index in [9.17, 15) is 23.1 Å². The van der Waals surface area contributed by atoms with Crippen LogP contribution in [0, 0.1) is 5.92 Å². The smallest absolute Gasteiger partial charge is 0.329 e. The SMILES string of the molecule is CC1CCC(NC(=O)c2ccc(S(C)(=O)=O)o2)(C(=O)O)CC1. The molecule has 1 aromatic heterocycles. The predicted octanol–water partition coefficient (Wildman–Crippen LogP) is 1.45. The molecule has 0 atom stereocenters. The second-order valence-electron chi connectivity index (χ2n) is 5.91. The minimum absolute atomic E-state index is 0.209. The molecule has 2 rings (SSSR count). The van der Waals surface area contributed by atoms with Crippen molar-refractivity contribution in [3.8, 4) is 0 Å². The van der Waals surface area contributed by atoms with Crippen LogP contribution in [0.3, 0.4) is 0 Å². The molecule has 8 heteroatoms. The Morgan fingerprint density at radius 1 is 1.32 bits per heavy atom. The maximum Gasteiger partial charge on any atom is 0.329 e. The van der Waals surface area contributed by atoms with Gasteiger partial charge in [-0.05, 0) is 43.7 Å². The number of furan rings is 1. The number of sulfone groups is 1. The fourth-order valence-corrected chi connectivity index (χ4v) is 3.12. The summed E-state index contributed by atoms with van der Waals surface area (Å²) in [6.45, 7) is 2.04. The van der Waals surface area contributed by atoms with Crippen LogP contribution in [-0.4, -0.2) is 37.2 Å². The minimum Gasteiger partial charge on any atom is -0.480 e. The minimum atomic E-state index is -3.55. The van der Waals surface area contributed by atoms with Gasteiger partial charge in [0.2, 0.25) is 14.9 Å². The summed E-state index contributed by atoms with van der Waals surface area (Å²) in [4.78, 5) is 23.8. The number of nitrogens with one attached hydrogen (secondary N) is 1. The number of hydrogen-bond acceptors (Lipinski definition) is 5. The highest BCUT2D eigenvalue weighted by Crippen LogP contribution is 2.32. The summed E-state index contributed by atoms with van der Waals surface area (Å²) in [6, 6.07) is 2.41. The number of amides is 1. The van der Waals surface area contributed by atoms with E-state index in [0.717, 1.165) is 6.26 Å². The Kier molecular flexibility index (Phi) is 4.32. The molecule has 1 fully saturated rings. The first-order valence-electron chi connectivity index (χ1n) is 7.00. The van der Waals surface area contributed by atoms with Crippen molar-refractivity contribution in [3.63, 3.8) is 0 Å². The molecule has 0 bridgehead atoms. The number of carboxylic acid groups (broad SMARTS) is 1. The van der Waals surface area contributed by atoms with Gasteiger partial charge in [0.1, 0.15) is 5.54 Å². The quantitative estimate of drug-likeness (QED) is 0.864. The molecule has 2 N–H and O–H groups in total. The number of carbonyl (C=O) groups is 2. The zero-order chi connectivity index (χ0) is 16.5. The fourth-order valence-electron chi connectivity index (χ4n) is 2.57. The molecule has 122 valence electrons. The van der Waals surface area contributed by atoms with Crippen molar-refractivity contribution in [1.29, 1.82) is 0 Å². The first-order chi connectivity index (χ1) is 10.1. The predicted molar refractivity (Wildman–Crippen MR) is 77.3 cm³/mol. The normalized spacial score (nSPS) is 25.6. The molecule has 0 spiro atoms. The lowest BCUT2D eigenvalue weighted by Gasteiger charge is -2.36. The van der Waals surface area contributed by atoms with Crippen molar-refractivity contribution in [1.82, 2.24) is 5.32 Å². The van der Waals surface area contributed by atoms with E-state index in [1.165, 1.54) is 12.1 Å².